The van der Waals surface area contributed by atoms with Crippen molar-refractivity contribution in [3.63, 3.8) is 0 Å². The van der Waals surface area contributed by atoms with Crippen LogP contribution in [0.25, 0.3) is 11.0 Å². The summed E-state index contributed by atoms with van der Waals surface area (Å²) >= 11 is 0. The average molecular weight is 642 g/mol. The van der Waals surface area contributed by atoms with Crippen molar-refractivity contribution >= 4 is 44.0 Å². The molecule has 1 aliphatic carbocycles. The second-order valence-corrected chi connectivity index (χ2v) is 12.7. The molecular formula is C30H29F2N5O7S. The number of aromatic amines is 1. The number of sulfonamides is 1. The van der Waals surface area contributed by atoms with Crippen LogP contribution in [0.2, 0.25) is 0 Å². The zero-order valence-electron chi connectivity index (χ0n) is 23.9. The van der Waals surface area contributed by atoms with E-state index in [1.165, 1.54) is 6.07 Å². The summed E-state index contributed by atoms with van der Waals surface area (Å²) in [6.45, 7) is 0.825. The van der Waals surface area contributed by atoms with Gasteiger partial charge >= 0.3 is 5.69 Å². The number of hydrogen-bond acceptors (Lipinski definition) is 9. The van der Waals surface area contributed by atoms with Gasteiger partial charge in [0.1, 0.15) is 11.3 Å². The minimum atomic E-state index is -4.57. The zero-order chi connectivity index (χ0) is 31.8. The molecule has 45 heavy (non-hydrogen) atoms. The summed E-state index contributed by atoms with van der Waals surface area (Å²) in [6.07, 6.45) is 2.21. The molecule has 12 nitrogen and oxygen atoms in total. The molecule has 1 fully saturated rings. The van der Waals surface area contributed by atoms with Crippen LogP contribution in [0.4, 0.5) is 25.8 Å². The maximum Gasteiger partial charge on any atom is 0.312 e. The number of aromatic nitrogens is 2. The SMILES string of the molecule is O=C(NS(=O)(=O)c1ccc(OCC2CCC(F)(F)CC2)c([N+](=O)[O-])c1)c1ccccc1N1CCCOc2nc3[nH]ccc3cc21. The maximum absolute atomic E-state index is 13.5. The summed E-state index contributed by atoms with van der Waals surface area (Å²) in [5.74, 6) is -3.70. The number of para-hydroxylation sites is 1. The summed E-state index contributed by atoms with van der Waals surface area (Å²) in [6, 6.07) is 13.2. The van der Waals surface area contributed by atoms with E-state index in [1.807, 2.05) is 21.8 Å². The number of nitro benzene ring substituents is 1. The third kappa shape index (κ3) is 6.38. The molecule has 0 atom stereocenters. The Morgan fingerprint density at radius 2 is 1.93 bits per heavy atom. The van der Waals surface area contributed by atoms with Crippen LogP contribution in [-0.4, -0.2) is 54.9 Å². The first-order valence-electron chi connectivity index (χ1n) is 14.3. The van der Waals surface area contributed by atoms with Crippen LogP contribution in [0.5, 0.6) is 11.6 Å². The van der Waals surface area contributed by atoms with E-state index in [0.29, 0.717) is 42.5 Å². The van der Waals surface area contributed by atoms with Crippen molar-refractivity contribution in [3.05, 3.63) is 76.5 Å². The molecule has 0 unspecified atom stereocenters. The Kier molecular flexibility index (Phi) is 8.03. The number of halogens is 2. The highest BCUT2D eigenvalue weighted by atomic mass is 32.2. The average Bonchev–Trinajstić information content (AvgIpc) is 3.37. The molecule has 2 N–H and O–H groups in total. The molecule has 3 heterocycles. The summed E-state index contributed by atoms with van der Waals surface area (Å²) in [7, 11) is -4.57. The predicted molar refractivity (Wildman–Crippen MR) is 160 cm³/mol. The Labute approximate surface area is 256 Å². The summed E-state index contributed by atoms with van der Waals surface area (Å²) in [4.78, 5) is 33.4. The van der Waals surface area contributed by atoms with E-state index in [9.17, 15) is 32.1 Å². The number of hydrogen-bond donors (Lipinski definition) is 2. The number of rotatable bonds is 8. The van der Waals surface area contributed by atoms with Crippen LogP contribution in [-0.2, 0) is 10.0 Å². The molecule has 6 rings (SSSR count). The van der Waals surface area contributed by atoms with E-state index in [0.717, 1.165) is 23.6 Å². The summed E-state index contributed by atoms with van der Waals surface area (Å²) in [5.41, 5.74) is 1.09. The highest BCUT2D eigenvalue weighted by Crippen LogP contribution is 2.39. The van der Waals surface area contributed by atoms with E-state index in [2.05, 4.69) is 9.97 Å². The Morgan fingerprint density at radius 3 is 2.71 bits per heavy atom. The molecule has 2 aliphatic rings. The number of carbonyl (C=O) groups excluding carboxylic acids is 1. The van der Waals surface area contributed by atoms with Crippen LogP contribution in [0.1, 0.15) is 42.5 Å². The molecule has 0 bridgehead atoms. The number of ether oxygens (including phenoxy) is 2. The Morgan fingerprint density at radius 1 is 1.16 bits per heavy atom. The molecule has 1 amide bonds. The van der Waals surface area contributed by atoms with Gasteiger partial charge in [-0.1, -0.05) is 12.1 Å². The summed E-state index contributed by atoms with van der Waals surface area (Å²) < 4.78 is 67.0. The second-order valence-electron chi connectivity index (χ2n) is 11.0. The number of pyridine rings is 1. The van der Waals surface area contributed by atoms with Crippen molar-refractivity contribution in [3.8, 4) is 11.6 Å². The number of alkyl halides is 2. The number of carbonyl (C=O) groups is 1. The number of nitrogens with zero attached hydrogens (tertiary/aromatic N) is 3. The van der Waals surface area contributed by atoms with E-state index in [1.54, 1.807) is 24.4 Å². The van der Waals surface area contributed by atoms with Crippen LogP contribution in [0, 0.1) is 16.0 Å². The van der Waals surface area contributed by atoms with Gasteiger partial charge in [-0.15, -0.1) is 0 Å². The third-order valence-electron chi connectivity index (χ3n) is 7.95. The van der Waals surface area contributed by atoms with Gasteiger partial charge in [-0.05, 0) is 61.6 Å². The first-order valence-corrected chi connectivity index (χ1v) is 15.8. The van der Waals surface area contributed by atoms with Crippen LogP contribution in [0.15, 0.2) is 65.7 Å². The molecule has 1 saturated carbocycles. The lowest BCUT2D eigenvalue weighted by Gasteiger charge is -2.28. The molecule has 4 aromatic rings. The smallest absolute Gasteiger partial charge is 0.312 e. The predicted octanol–water partition coefficient (Wildman–Crippen LogP) is 5.71. The molecule has 0 saturated heterocycles. The normalized spacial score (nSPS) is 16.8. The molecule has 236 valence electrons. The molecule has 1 aliphatic heterocycles. The molecule has 0 spiro atoms. The largest absolute Gasteiger partial charge is 0.487 e. The van der Waals surface area contributed by atoms with Gasteiger partial charge in [0, 0.05) is 37.0 Å². The van der Waals surface area contributed by atoms with E-state index in [-0.39, 0.29) is 49.5 Å². The van der Waals surface area contributed by atoms with Crippen molar-refractivity contribution in [2.24, 2.45) is 5.92 Å². The lowest BCUT2D eigenvalue weighted by Crippen LogP contribution is -2.32. The third-order valence-corrected chi connectivity index (χ3v) is 9.28. The number of H-pyrrole nitrogens is 1. The van der Waals surface area contributed by atoms with Crippen molar-refractivity contribution < 1.29 is 36.4 Å². The summed E-state index contributed by atoms with van der Waals surface area (Å²) in [5, 5.41) is 12.6. The fraction of sp³-hybridized carbons (Fsp3) is 0.333. The second kappa shape index (κ2) is 12.0. The molecule has 2 aromatic carbocycles. The molecule has 0 radical (unpaired) electrons. The zero-order valence-corrected chi connectivity index (χ0v) is 24.7. The molecule has 2 aromatic heterocycles. The minimum Gasteiger partial charge on any atom is -0.487 e. The highest BCUT2D eigenvalue weighted by Gasteiger charge is 2.35. The van der Waals surface area contributed by atoms with Crippen LogP contribution >= 0.6 is 0 Å². The molecular weight excluding hydrogens is 612 g/mol. The van der Waals surface area contributed by atoms with E-state index < -0.39 is 37.4 Å². The van der Waals surface area contributed by atoms with Crippen LogP contribution < -0.4 is 19.1 Å². The van der Waals surface area contributed by atoms with Crippen molar-refractivity contribution in [1.82, 2.24) is 14.7 Å². The minimum absolute atomic E-state index is 0.0215. The van der Waals surface area contributed by atoms with Crippen molar-refractivity contribution in [2.75, 3.05) is 24.7 Å². The quantitative estimate of drug-likeness (QED) is 0.182. The number of fused-ring (bicyclic) bond motifs is 2. The van der Waals surface area contributed by atoms with Gasteiger partial charge in [0.25, 0.3) is 15.9 Å². The lowest BCUT2D eigenvalue weighted by atomic mass is 9.87. The van der Waals surface area contributed by atoms with Crippen LogP contribution in [0.3, 0.4) is 0 Å². The number of benzene rings is 2. The van der Waals surface area contributed by atoms with Gasteiger partial charge in [0.15, 0.2) is 5.75 Å². The fourth-order valence-corrected chi connectivity index (χ4v) is 6.54. The molecule has 15 heteroatoms. The van der Waals surface area contributed by atoms with E-state index in [4.69, 9.17) is 9.47 Å². The topological polar surface area (TPSA) is 157 Å². The lowest BCUT2D eigenvalue weighted by molar-refractivity contribution is -0.386. The first-order chi connectivity index (χ1) is 21.5. The fourth-order valence-electron chi connectivity index (χ4n) is 5.56. The highest BCUT2D eigenvalue weighted by molar-refractivity contribution is 7.90. The number of anilines is 2. The van der Waals surface area contributed by atoms with Gasteiger partial charge in [-0.2, -0.15) is 4.98 Å². The monoisotopic (exact) mass is 641 g/mol. The van der Waals surface area contributed by atoms with Gasteiger partial charge in [0.05, 0.1) is 34.3 Å². The van der Waals surface area contributed by atoms with Crippen molar-refractivity contribution in [2.45, 2.75) is 42.9 Å². The van der Waals surface area contributed by atoms with E-state index >= 15 is 0 Å². The van der Waals surface area contributed by atoms with Crippen molar-refractivity contribution in [1.29, 1.82) is 0 Å². The number of nitrogens with one attached hydrogen (secondary N) is 2. The van der Waals surface area contributed by atoms with Gasteiger partial charge in [-0.25, -0.2) is 21.9 Å². The van der Waals surface area contributed by atoms with Gasteiger partial charge < -0.3 is 19.4 Å². The number of nitro groups is 1. The van der Waals surface area contributed by atoms with Gasteiger partial charge in [0.2, 0.25) is 11.8 Å². The Bertz CT molecular complexity index is 1870. The number of amides is 1. The Hall–Kier alpha value is -4.79. The maximum atomic E-state index is 13.5. The Balaban J connectivity index is 1.23. The standard InChI is InChI=1S/C30H29F2N5O7S/c31-30(32)11-8-19(9-12-30)18-44-26-7-6-21(17-24(26)37(39)40)45(41,42)35-28(38)22-4-1-2-5-23(22)36-14-3-15-43-29-25(36)16-20-10-13-33-27(20)34-29/h1-2,4-7,10,13,16-17,19H,3,8-9,11-12,14-15,18H2,(H,33,34)(H,35,38). The first kappa shape index (κ1) is 30.2. The van der Waals surface area contributed by atoms with Gasteiger partial charge in [-0.3, -0.25) is 14.9 Å².